The lowest BCUT2D eigenvalue weighted by molar-refractivity contribution is 0.589. The molecule has 0 amide bonds. The van der Waals surface area contributed by atoms with Crippen molar-refractivity contribution in [2.75, 3.05) is 0 Å². The van der Waals surface area contributed by atoms with Crippen LogP contribution in [0.1, 0.15) is 115 Å². The third kappa shape index (κ3) is 7.09. The first-order chi connectivity index (χ1) is 15.9. The normalized spacial score (nSPS) is 11.6. The summed E-state index contributed by atoms with van der Waals surface area (Å²) in [5, 5.41) is 6.04. The van der Waals surface area contributed by atoms with Crippen LogP contribution in [-0.2, 0) is 12.8 Å². The molecule has 0 aliphatic rings. The third-order valence-electron chi connectivity index (χ3n) is 7.22. The third-order valence-corrected chi connectivity index (χ3v) is 7.22. The minimum atomic E-state index is 1.21. The highest BCUT2D eigenvalue weighted by molar-refractivity contribution is 6.05. The zero-order valence-electron chi connectivity index (χ0n) is 20.9. The summed E-state index contributed by atoms with van der Waals surface area (Å²) in [6.07, 6.45) is 21.7. The molecule has 0 heteroatoms. The van der Waals surface area contributed by atoms with Gasteiger partial charge in [0, 0.05) is 0 Å². The molecule has 0 nitrogen and oxygen atoms in total. The summed E-state index contributed by atoms with van der Waals surface area (Å²) >= 11 is 0. The standard InChI is InChI=1S/C32H46/c1-3-5-7-9-11-13-15-21-27-29-23-17-19-25-31(29)28(32-26-20-18-24-30(27)32)22-16-14-12-10-8-6-4-2/h17-20,23-26H,3-16,21-22H2,1-2H3. The van der Waals surface area contributed by atoms with Gasteiger partial charge in [-0.2, -0.15) is 0 Å². The second-order valence-electron chi connectivity index (χ2n) is 9.79. The van der Waals surface area contributed by atoms with Crippen LogP contribution in [0.5, 0.6) is 0 Å². The van der Waals surface area contributed by atoms with Crippen molar-refractivity contribution in [2.24, 2.45) is 0 Å². The summed E-state index contributed by atoms with van der Waals surface area (Å²) in [7, 11) is 0. The Kier molecular flexibility index (Phi) is 11.1. The molecule has 0 saturated heterocycles. The zero-order chi connectivity index (χ0) is 22.4. The van der Waals surface area contributed by atoms with E-state index < -0.39 is 0 Å². The highest BCUT2D eigenvalue weighted by atomic mass is 14.2. The van der Waals surface area contributed by atoms with E-state index in [1.54, 1.807) is 11.1 Å². The maximum Gasteiger partial charge on any atom is -0.0143 e. The van der Waals surface area contributed by atoms with Crippen molar-refractivity contribution in [3.8, 4) is 0 Å². The summed E-state index contributed by atoms with van der Waals surface area (Å²) in [4.78, 5) is 0. The quantitative estimate of drug-likeness (QED) is 0.156. The molecule has 0 N–H and O–H groups in total. The summed E-state index contributed by atoms with van der Waals surface area (Å²) in [5.74, 6) is 0. The van der Waals surface area contributed by atoms with Crippen molar-refractivity contribution in [1.82, 2.24) is 0 Å². The number of rotatable bonds is 16. The molecular formula is C32H46. The van der Waals surface area contributed by atoms with Crippen LogP contribution in [0.3, 0.4) is 0 Å². The van der Waals surface area contributed by atoms with Crippen LogP contribution in [0.15, 0.2) is 48.5 Å². The average Bonchev–Trinajstić information content (AvgIpc) is 2.83. The SMILES string of the molecule is CCCCCCCCCc1c2ccccc2c(CCCCCCCCC)c2ccccc12. The molecule has 3 rings (SSSR count). The van der Waals surface area contributed by atoms with Crippen LogP contribution >= 0.6 is 0 Å². The number of hydrogen-bond donors (Lipinski definition) is 0. The van der Waals surface area contributed by atoms with E-state index in [1.807, 2.05) is 0 Å². The number of fused-ring (bicyclic) bond motifs is 2. The van der Waals surface area contributed by atoms with Crippen LogP contribution in [0.25, 0.3) is 21.5 Å². The van der Waals surface area contributed by atoms with Crippen molar-refractivity contribution in [2.45, 2.75) is 117 Å². The van der Waals surface area contributed by atoms with Gasteiger partial charge in [0.1, 0.15) is 0 Å². The molecule has 174 valence electrons. The van der Waals surface area contributed by atoms with Gasteiger partial charge in [-0.3, -0.25) is 0 Å². The molecule has 3 aromatic carbocycles. The second-order valence-corrected chi connectivity index (χ2v) is 9.79. The first-order valence-corrected chi connectivity index (χ1v) is 13.8. The molecule has 0 radical (unpaired) electrons. The molecule has 0 fully saturated rings. The van der Waals surface area contributed by atoms with Crippen LogP contribution in [0.4, 0.5) is 0 Å². The smallest absolute Gasteiger partial charge is 0.0143 e. The van der Waals surface area contributed by atoms with Gasteiger partial charge in [0.25, 0.3) is 0 Å². The molecule has 0 unspecified atom stereocenters. The number of aryl methyl sites for hydroxylation is 2. The molecule has 32 heavy (non-hydrogen) atoms. The molecule has 0 saturated carbocycles. The Balaban J connectivity index is 1.72. The molecule has 3 aromatic rings. The largest absolute Gasteiger partial charge is 0.0654 e. The highest BCUT2D eigenvalue weighted by Gasteiger charge is 2.13. The van der Waals surface area contributed by atoms with Crippen molar-refractivity contribution in [3.63, 3.8) is 0 Å². The summed E-state index contributed by atoms with van der Waals surface area (Å²) < 4.78 is 0. The predicted molar refractivity (Wildman–Crippen MR) is 145 cm³/mol. The lowest BCUT2D eigenvalue weighted by Gasteiger charge is -2.17. The molecule has 0 bridgehead atoms. The highest BCUT2D eigenvalue weighted by Crippen LogP contribution is 2.35. The molecule has 0 atom stereocenters. The first kappa shape index (κ1) is 24.8. The maximum absolute atomic E-state index is 2.38. The first-order valence-electron chi connectivity index (χ1n) is 13.8. The Morgan fingerprint density at radius 1 is 0.375 bits per heavy atom. The van der Waals surface area contributed by atoms with Crippen LogP contribution < -0.4 is 0 Å². The van der Waals surface area contributed by atoms with E-state index in [0.717, 1.165) is 0 Å². The van der Waals surface area contributed by atoms with E-state index in [9.17, 15) is 0 Å². The van der Waals surface area contributed by atoms with Gasteiger partial charge in [-0.15, -0.1) is 0 Å². The zero-order valence-corrected chi connectivity index (χ0v) is 20.9. The molecule has 0 aliphatic heterocycles. The van der Waals surface area contributed by atoms with Gasteiger partial charge < -0.3 is 0 Å². The number of benzene rings is 3. The molecule has 0 heterocycles. The van der Waals surface area contributed by atoms with E-state index in [2.05, 4.69) is 62.4 Å². The molecular weight excluding hydrogens is 384 g/mol. The average molecular weight is 431 g/mol. The number of hydrogen-bond acceptors (Lipinski definition) is 0. The Morgan fingerprint density at radius 3 is 0.969 bits per heavy atom. The van der Waals surface area contributed by atoms with Crippen LogP contribution in [0, 0.1) is 0 Å². The van der Waals surface area contributed by atoms with Gasteiger partial charge in [0.2, 0.25) is 0 Å². The fourth-order valence-corrected chi connectivity index (χ4v) is 5.37. The molecule has 0 aromatic heterocycles. The van der Waals surface area contributed by atoms with E-state index in [0.29, 0.717) is 0 Å². The van der Waals surface area contributed by atoms with Crippen molar-refractivity contribution < 1.29 is 0 Å². The molecule has 0 spiro atoms. The Morgan fingerprint density at radius 2 is 0.656 bits per heavy atom. The predicted octanol–water partition coefficient (Wildman–Crippen LogP) is 10.6. The Bertz CT molecular complexity index is 787. The van der Waals surface area contributed by atoms with Gasteiger partial charge in [-0.1, -0.05) is 139 Å². The monoisotopic (exact) mass is 430 g/mol. The van der Waals surface area contributed by atoms with Crippen molar-refractivity contribution >= 4 is 21.5 Å². The van der Waals surface area contributed by atoms with Gasteiger partial charge in [0.15, 0.2) is 0 Å². The fraction of sp³-hybridized carbons (Fsp3) is 0.562. The van der Waals surface area contributed by atoms with E-state index >= 15 is 0 Å². The lowest BCUT2D eigenvalue weighted by Crippen LogP contribution is -1.97. The lowest BCUT2D eigenvalue weighted by atomic mass is 9.87. The summed E-state index contributed by atoms with van der Waals surface area (Å²) in [6, 6.07) is 18.5. The summed E-state index contributed by atoms with van der Waals surface area (Å²) in [5.41, 5.74) is 3.18. The van der Waals surface area contributed by atoms with E-state index in [1.165, 1.54) is 124 Å². The van der Waals surface area contributed by atoms with Gasteiger partial charge in [-0.25, -0.2) is 0 Å². The maximum atomic E-state index is 2.38. The summed E-state index contributed by atoms with van der Waals surface area (Å²) in [6.45, 7) is 4.60. The minimum absolute atomic E-state index is 1.21. The van der Waals surface area contributed by atoms with Crippen molar-refractivity contribution in [3.05, 3.63) is 59.7 Å². The Hall–Kier alpha value is -1.82. The molecule has 0 aliphatic carbocycles. The van der Waals surface area contributed by atoms with Crippen molar-refractivity contribution in [1.29, 1.82) is 0 Å². The second kappa shape index (κ2) is 14.4. The van der Waals surface area contributed by atoms with E-state index in [4.69, 9.17) is 0 Å². The topological polar surface area (TPSA) is 0 Å². The number of unbranched alkanes of at least 4 members (excludes halogenated alkanes) is 12. The minimum Gasteiger partial charge on any atom is -0.0654 e. The van der Waals surface area contributed by atoms with E-state index in [-0.39, 0.29) is 0 Å². The van der Waals surface area contributed by atoms with Crippen LogP contribution in [-0.4, -0.2) is 0 Å². The van der Waals surface area contributed by atoms with Crippen LogP contribution in [0.2, 0.25) is 0 Å². The van der Waals surface area contributed by atoms with Gasteiger partial charge in [-0.05, 0) is 58.4 Å². The van der Waals surface area contributed by atoms with Gasteiger partial charge in [0.05, 0.1) is 0 Å². The Labute approximate surface area is 197 Å². The van der Waals surface area contributed by atoms with Gasteiger partial charge >= 0.3 is 0 Å². The fourth-order valence-electron chi connectivity index (χ4n) is 5.37.